The number of amides is 1. The summed E-state index contributed by atoms with van der Waals surface area (Å²) < 4.78 is 27.0. The summed E-state index contributed by atoms with van der Waals surface area (Å²) in [6, 6.07) is 9.99. The summed E-state index contributed by atoms with van der Waals surface area (Å²) >= 11 is 0. The second-order valence-corrected chi connectivity index (χ2v) is 8.04. The molecule has 0 saturated carbocycles. The van der Waals surface area contributed by atoms with Gasteiger partial charge in [0.25, 0.3) is 0 Å². The second kappa shape index (κ2) is 8.25. The molecule has 0 radical (unpaired) electrons. The smallest absolute Gasteiger partial charge is 0.248 e. The van der Waals surface area contributed by atoms with Crippen molar-refractivity contribution < 1.29 is 13.2 Å². The number of hydrogen-bond donors (Lipinski definition) is 1. The number of anilines is 1. The minimum Gasteiger partial charge on any atom is -0.322 e. The van der Waals surface area contributed by atoms with Gasteiger partial charge in [-0.25, -0.2) is 8.42 Å². The Morgan fingerprint density at radius 2 is 1.92 bits per heavy atom. The van der Waals surface area contributed by atoms with Crippen molar-refractivity contribution >= 4 is 27.7 Å². The van der Waals surface area contributed by atoms with Crippen molar-refractivity contribution in [1.29, 1.82) is 0 Å². The summed E-state index contributed by atoms with van der Waals surface area (Å²) in [7, 11) is -3.52. The number of rotatable bonds is 5. The fraction of sp³-hybridized carbons (Fsp3) is 0.263. The van der Waals surface area contributed by atoms with Gasteiger partial charge in [0.2, 0.25) is 15.9 Å². The molecule has 1 aliphatic heterocycles. The molecule has 6 nitrogen and oxygen atoms in total. The van der Waals surface area contributed by atoms with Gasteiger partial charge in [0.05, 0.1) is 4.90 Å². The van der Waals surface area contributed by atoms with Crippen LogP contribution >= 0.6 is 0 Å². The van der Waals surface area contributed by atoms with Crippen LogP contribution in [0.4, 0.5) is 5.69 Å². The molecule has 2 aromatic rings. The zero-order valence-electron chi connectivity index (χ0n) is 14.3. The maximum atomic E-state index is 12.7. The van der Waals surface area contributed by atoms with Crippen molar-refractivity contribution in [1.82, 2.24) is 9.29 Å². The number of pyridine rings is 1. The van der Waals surface area contributed by atoms with Crippen LogP contribution in [-0.2, 0) is 14.8 Å². The molecule has 0 bridgehead atoms. The third kappa shape index (κ3) is 4.56. The quantitative estimate of drug-likeness (QED) is 0.820. The molecule has 3 rings (SSSR count). The molecular formula is C19H21N3O3S. The first-order valence-electron chi connectivity index (χ1n) is 8.55. The minimum atomic E-state index is -3.52. The number of sulfonamides is 1. The summed E-state index contributed by atoms with van der Waals surface area (Å²) in [6.07, 6.45) is 9.18. The molecule has 1 amide bonds. The molecule has 0 aliphatic carbocycles. The molecule has 0 atom stereocenters. The van der Waals surface area contributed by atoms with E-state index in [1.54, 1.807) is 42.7 Å². The van der Waals surface area contributed by atoms with Gasteiger partial charge in [-0.2, -0.15) is 4.31 Å². The number of carbonyl (C=O) groups is 1. The van der Waals surface area contributed by atoms with E-state index in [1.165, 1.54) is 16.4 Å². The summed E-state index contributed by atoms with van der Waals surface area (Å²) in [5.41, 5.74) is 1.26. The summed E-state index contributed by atoms with van der Waals surface area (Å²) in [6.45, 7) is 1.10. The van der Waals surface area contributed by atoms with Gasteiger partial charge in [0, 0.05) is 37.2 Å². The Bertz CT molecular complexity index is 889. The molecule has 1 aliphatic rings. The van der Waals surface area contributed by atoms with E-state index < -0.39 is 10.0 Å². The van der Waals surface area contributed by atoms with E-state index in [9.17, 15) is 13.2 Å². The maximum absolute atomic E-state index is 12.7. The van der Waals surface area contributed by atoms with Gasteiger partial charge in [-0.05, 0) is 48.7 Å². The first kappa shape index (κ1) is 18.3. The van der Waals surface area contributed by atoms with E-state index in [4.69, 9.17) is 0 Å². The predicted molar refractivity (Wildman–Crippen MR) is 101 cm³/mol. The summed E-state index contributed by atoms with van der Waals surface area (Å²) in [5.74, 6) is -0.332. The fourth-order valence-electron chi connectivity index (χ4n) is 2.82. The van der Waals surface area contributed by atoms with E-state index in [-0.39, 0.29) is 10.8 Å². The standard InChI is InChI=1S/C19H21N3O3S/c23-19(10-9-16-6-5-11-20-15-16)21-17-7-4-8-18(14-17)26(24,25)22-12-2-1-3-13-22/h4-11,14-15H,1-3,12-13H2,(H,21,23)/b10-9+. The molecule has 7 heteroatoms. The number of carbonyl (C=O) groups excluding carboxylic acids is 1. The van der Waals surface area contributed by atoms with Crippen LogP contribution in [-0.4, -0.2) is 36.7 Å². The van der Waals surface area contributed by atoms with Crippen LogP contribution in [0.2, 0.25) is 0 Å². The molecular weight excluding hydrogens is 350 g/mol. The SMILES string of the molecule is O=C(/C=C/c1cccnc1)Nc1cccc(S(=O)(=O)N2CCCCC2)c1. The molecule has 0 unspecified atom stereocenters. The predicted octanol–water partition coefficient (Wildman–Crippen LogP) is 2.91. The van der Waals surface area contributed by atoms with Crippen LogP contribution in [0.25, 0.3) is 6.08 Å². The molecule has 1 N–H and O–H groups in total. The Kier molecular flexibility index (Phi) is 5.80. The lowest BCUT2D eigenvalue weighted by atomic mass is 10.2. The number of nitrogens with one attached hydrogen (secondary N) is 1. The molecule has 0 spiro atoms. The third-order valence-corrected chi connectivity index (χ3v) is 6.06. The van der Waals surface area contributed by atoms with E-state index in [2.05, 4.69) is 10.3 Å². The number of nitrogens with zero attached hydrogens (tertiary/aromatic N) is 2. The topological polar surface area (TPSA) is 79.4 Å². The number of piperidine rings is 1. The number of benzene rings is 1. The Hall–Kier alpha value is -2.51. The molecule has 1 aromatic carbocycles. The van der Waals surface area contributed by atoms with Crippen molar-refractivity contribution in [2.45, 2.75) is 24.2 Å². The largest absolute Gasteiger partial charge is 0.322 e. The van der Waals surface area contributed by atoms with Crippen molar-refractivity contribution in [3.8, 4) is 0 Å². The zero-order chi connectivity index (χ0) is 18.4. The molecule has 136 valence electrons. The van der Waals surface area contributed by atoms with Crippen LogP contribution in [0.5, 0.6) is 0 Å². The molecule has 1 aromatic heterocycles. The third-order valence-electron chi connectivity index (χ3n) is 4.17. The van der Waals surface area contributed by atoms with E-state index >= 15 is 0 Å². The Morgan fingerprint density at radius 1 is 1.12 bits per heavy atom. The van der Waals surface area contributed by atoms with Crippen LogP contribution in [0.15, 0.2) is 59.8 Å². The van der Waals surface area contributed by atoms with Crippen LogP contribution < -0.4 is 5.32 Å². The Balaban J connectivity index is 1.71. The van der Waals surface area contributed by atoms with Gasteiger partial charge in [0.15, 0.2) is 0 Å². The highest BCUT2D eigenvalue weighted by Gasteiger charge is 2.25. The van der Waals surface area contributed by atoms with Gasteiger partial charge < -0.3 is 5.32 Å². The highest BCUT2D eigenvalue weighted by molar-refractivity contribution is 7.89. The van der Waals surface area contributed by atoms with Gasteiger partial charge >= 0.3 is 0 Å². The monoisotopic (exact) mass is 371 g/mol. The van der Waals surface area contributed by atoms with E-state index in [0.717, 1.165) is 24.8 Å². The van der Waals surface area contributed by atoms with Crippen molar-refractivity contribution in [3.63, 3.8) is 0 Å². The van der Waals surface area contributed by atoms with E-state index in [1.807, 2.05) is 6.07 Å². The van der Waals surface area contributed by atoms with Crippen LogP contribution in [0.1, 0.15) is 24.8 Å². The molecule has 1 saturated heterocycles. The lowest BCUT2D eigenvalue weighted by molar-refractivity contribution is -0.111. The maximum Gasteiger partial charge on any atom is 0.248 e. The average molecular weight is 371 g/mol. The first-order chi connectivity index (χ1) is 12.6. The van der Waals surface area contributed by atoms with E-state index in [0.29, 0.717) is 18.8 Å². The molecule has 1 fully saturated rings. The second-order valence-electron chi connectivity index (χ2n) is 6.10. The highest BCUT2D eigenvalue weighted by Crippen LogP contribution is 2.22. The Labute approximate surface area is 153 Å². The van der Waals surface area contributed by atoms with Crippen LogP contribution in [0, 0.1) is 0 Å². The highest BCUT2D eigenvalue weighted by atomic mass is 32.2. The first-order valence-corrected chi connectivity index (χ1v) is 9.99. The van der Waals surface area contributed by atoms with Gasteiger partial charge in [-0.3, -0.25) is 9.78 Å². The lowest BCUT2D eigenvalue weighted by Gasteiger charge is -2.26. The minimum absolute atomic E-state index is 0.202. The summed E-state index contributed by atoms with van der Waals surface area (Å²) in [4.78, 5) is 16.2. The van der Waals surface area contributed by atoms with Crippen LogP contribution in [0.3, 0.4) is 0 Å². The Morgan fingerprint density at radius 3 is 2.65 bits per heavy atom. The fourth-order valence-corrected chi connectivity index (χ4v) is 4.38. The lowest BCUT2D eigenvalue weighted by Crippen LogP contribution is -2.35. The molecule has 26 heavy (non-hydrogen) atoms. The zero-order valence-corrected chi connectivity index (χ0v) is 15.2. The summed E-state index contributed by atoms with van der Waals surface area (Å²) in [5, 5.41) is 2.70. The molecule has 2 heterocycles. The normalized spacial score (nSPS) is 15.8. The average Bonchev–Trinajstić information content (AvgIpc) is 2.68. The van der Waals surface area contributed by atoms with Gasteiger partial charge in [0.1, 0.15) is 0 Å². The van der Waals surface area contributed by atoms with Crippen molar-refractivity contribution in [2.24, 2.45) is 0 Å². The van der Waals surface area contributed by atoms with Crippen molar-refractivity contribution in [3.05, 3.63) is 60.4 Å². The van der Waals surface area contributed by atoms with Gasteiger partial charge in [-0.1, -0.05) is 18.6 Å². The number of aromatic nitrogens is 1. The van der Waals surface area contributed by atoms with Gasteiger partial charge in [-0.15, -0.1) is 0 Å². The number of hydrogen-bond acceptors (Lipinski definition) is 4. The van der Waals surface area contributed by atoms with Crippen molar-refractivity contribution in [2.75, 3.05) is 18.4 Å².